The standard InChI is InChI=1S/C22H19ClN2O5/c1-28-22(27)16-9-14-13-4-2-3-5-15(13)24-20(14)21(25(16)19(26)10-23)12-6-7-17-18(8-12)30-11-29-17/h2-8,16,21,24H,9-11H2,1H3/t16-,21?/m1/s1. The number of alkyl halides is 1. The van der Waals surface area contributed by atoms with Crippen molar-refractivity contribution in [1.82, 2.24) is 9.88 Å². The second-order valence-corrected chi connectivity index (χ2v) is 7.52. The number of fused-ring (bicyclic) bond motifs is 4. The number of benzene rings is 2. The van der Waals surface area contributed by atoms with E-state index in [9.17, 15) is 9.59 Å². The molecule has 2 aliphatic rings. The fraction of sp³-hybridized carbons (Fsp3) is 0.273. The van der Waals surface area contributed by atoms with Gasteiger partial charge in [0.2, 0.25) is 12.7 Å². The van der Waals surface area contributed by atoms with E-state index in [4.69, 9.17) is 25.8 Å². The zero-order valence-electron chi connectivity index (χ0n) is 16.2. The Kier molecular flexibility index (Phi) is 4.55. The number of carbonyl (C=O) groups is 2. The highest BCUT2D eigenvalue weighted by Crippen LogP contribution is 2.44. The second kappa shape index (κ2) is 7.25. The van der Waals surface area contributed by atoms with Crippen molar-refractivity contribution in [3.05, 3.63) is 59.3 Å². The third-order valence-corrected chi connectivity index (χ3v) is 5.95. The number of nitrogens with zero attached hydrogens (tertiary/aromatic N) is 1. The highest BCUT2D eigenvalue weighted by molar-refractivity contribution is 6.27. The molecule has 2 aliphatic heterocycles. The molecule has 0 aliphatic carbocycles. The lowest BCUT2D eigenvalue weighted by Gasteiger charge is -2.40. The molecule has 2 atom stereocenters. The molecule has 1 amide bonds. The molecule has 1 unspecified atom stereocenters. The minimum absolute atomic E-state index is 0.149. The van der Waals surface area contributed by atoms with Gasteiger partial charge in [-0.3, -0.25) is 4.79 Å². The van der Waals surface area contributed by atoms with Crippen molar-refractivity contribution in [2.24, 2.45) is 0 Å². The smallest absolute Gasteiger partial charge is 0.328 e. The lowest BCUT2D eigenvalue weighted by Crippen LogP contribution is -2.52. The average molecular weight is 427 g/mol. The molecule has 154 valence electrons. The summed E-state index contributed by atoms with van der Waals surface area (Å²) in [5.41, 5.74) is 3.58. The lowest BCUT2D eigenvalue weighted by molar-refractivity contribution is -0.154. The number of amides is 1. The van der Waals surface area contributed by atoms with Gasteiger partial charge in [-0.05, 0) is 29.3 Å². The number of carbonyl (C=O) groups excluding carboxylic acids is 2. The maximum absolute atomic E-state index is 13.0. The minimum Gasteiger partial charge on any atom is -0.467 e. The first kappa shape index (κ1) is 18.8. The van der Waals surface area contributed by atoms with Crippen molar-refractivity contribution in [3.63, 3.8) is 0 Å². The summed E-state index contributed by atoms with van der Waals surface area (Å²) in [5.74, 6) is 0.174. The van der Waals surface area contributed by atoms with Gasteiger partial charge in [0.15, 0.2) is 11.5 Å². The highest BCUT2D eigenvalue weighted by Gasteiger charge is 2.44. The van der Waals surface area contributed by atoms with Crippen LogP contribution in [0.4, 0.5) is 0 Å². The third-order valence-electron chi connectivity index (χ3n) is 5.72. The summed E-state index contributed by atoms with van der Waals surface area (Å²) in [4.78, 5) is 30.7. The van der Waals surface area contributed by atoms with Gasteiger partial charge < -0.3 is 24.1 Å². The number of ether oxygens (including phenoxy) is 3. The largest absolute Gasteiger partial charge is 0.467 e. The molecule has 0 bridgehead atoms. The zero-order valence-corrected chi connectivity index (χ0v) is 16.9. The topological polar surface area (TPSA) is 80.9 Å². The van der Waals surface area contributed by atoms with Crippen LogP contribution in [-0.2, 0) is 20.7 Å². The normalized spacial score (nSPS) is 19.6. The van der Waals surface area contributed by atoms with E-state index in [1.165, 1.54) is 12.0 Å². The van der Waals surface area contributed by atoms with Gasteiger partial charge in [-0.25, -0.2) is 4.79 Å². The first-order valence-electron chi connectivity index (χ1n) is 9.56. The Morgan fingerprint density at radius 1 is 1.20 bits per heavy atom. The van der Waals surface area contributed by atoms with E-state index in [1.54, 1.807) is 0 Å². The van der Waals surface area contributed by atoms with E-state index in [-0.39, 0.29) is 18.6 Å². The molecule has 5 rings (SSSR count). The van der Waals surface area contributed by atoms with Crippen LogP contribution in [0.3, 0.4) is 0 Å². The maximum atomic E-state index is 13.0. The zero-order chi connectivity index (χ0) is 20.8. The molecule has 0 radical (unpaired) electrons. The molecular formula is C22H19ClN2O5. The Morgan fingerprint density at radius 2 is 2.00 bits per heavy atom. The number of aromatic nitrogens is 1. The molecule has 1 N–H and O–H groups in total. The second-order valence-electron chi connectivity index (χ2n) is 7.26. The molecule has 0 saturated carbocycles. The SMILES string of the molecule is COC(=O)[C@H]1Cc2c([nH]c3ccccc23)C(c2ccc3c(c2)OCO3)N1C(=O)CCl. The van der Waals surface area contributed by atoms with Gasteiger partial charge >= 0.3 is 5.97 Å². The van der Waals surface area contributed by atoms with Crippen LogP contribution in [0.2, 0.25) is 0 Å². The van der Waals surface area contributed by atoms with Crippen molar-refractivity contribution < 1.29 is 23.8 Å². The molecule has 30 heavy (non-hydrogen) atoms. The van der Waals surface area contributed by atoms with Gasteiger partial charge in [0.05, 0.1) is 13.2 Å². The number of nitrogens with one attached hydrogen (secondary N) is 1. The summed E-state index contributed by atoms with van der Waals surface area (Å²) < 4.78 is 16.0. The van der Waals surface area contributed by atoms with Gasteiger partial charge in [-0.2, -0.15) is 0 Å². The Bertz CT molecular complexity index is 1160. The highest BCUT2D eigenvalue weighted by atomic mass is 35.5. The molecule has 8 heteroatoms. The summed E-state index contributed by atoms with van der Waals surface area (Å²) in [6.07, 6.45) is 0.343. The monoisotopic (exact) mass is 426 g/mol. The van der Waals surface area contributed by atoms with Gasteiger partial charge in [0.25, 0.3) is 0 Å². The van der Waals surface area contributed by atoms with Crippen LogP contribution < -0.4 is 9.47 Å². The first-order chi connectivity index (χ1) is 14.6. The quantitative estimate of drug-likeness (QED) is 0.514. The number of esters is 1. The van der Waals surface area contributed by atoms with Crippen molar-refractivity contribution >= 4 is 34.4 Å². The van der Waals surface area contributed by atoms with Crippen molar-refractivity contribution in [3.8, 4) is 11.5 Å². The number of halogens is 1. The number of para-hydroxylation sites is 1. The number of rotatable bonds is 3. The molecule has 3 heterocycles. The van der Waals surface area contributed by atoms with E-state index in [2.05, 4.69) is 4.98 Å². The third kappa shape index (κ3) is 2.81. The number of H-pyrrole nitrogens is 1. The van der Waals surface area contributed by atoms with Gasteiger partial charge in [-0.1, -0.05) is 24.3 Å². The van der Waals surface area contributed by atoms with Gasteiger partial charge in [0.1, 0.15) is 11.9 Å². The van der Waals surface area contributed by atoms with Crippen LogP contribution in [0.25, 0.3) is 10.9 Å². The predicted molar refractivity (Wildman–Crippen MR) is 110 cm³/mol. The molecule has 3 aromatic rings. The van der Waals surface area contributed by atoms with Crippen LogP contribution in [0, 0.1) is 0 Å². The Morgan fingerprint density at radius 3 is 2.80 bits per heavy atom. The number of aromatic amines is 1. The predicted octanol–water partition coefficient (Wildman–Crippen LogP) is 3.15. The number of methoxy groups -OCH3 is 1. The first-order valence-corrected chi connectivity index (χ1v) is 10.1. The Balaban J connectivity index is 1.75. The molecule has 0 spiro atoms. The molecule has 0 saturated heterocycles. The molecule has 2 aromatic carbocycles. The van der Waals surface area contributed by atoms with E-state index in [1.807, 2.05) is 42.5 Å². The fourth-order valence-electron chi connectivity index (χ4n) is 4.42. The average Bonchev–Trinajstić information content (AvgIpc) is 3.40. The van der Waals surface area contributed by atoms with Crippen LogP contribution in [0.5, 0.6) is 11.5 Å². The molecular weight excluding hydrogens is 408 g/mol. The maximum Gasteiger partial charge on any atom is 0.328 e. The Labute approximate surface area is 177 Å². The van der Waals surface area contributed by atoms with E-state index in [0.29, 0.717) is 17.9 Å². The van der Waals surface area contributed by atoms with Crippen molar-refractivity contribution in [2.75, 3.05) is 19.8 Å². The van der Waals surface area contributed by atoms with E-state index >= 15 is 0 Å². The number of hydrogen-bond acceptors (Lipinski definition) is 5. The van der Waals surface area contributed by atoms with Crippen molar-refractivity contribution in [1.29, 1.82) is 0 Å². The lowest BCUT2D eigenvalue weighted by atomic mass is 9.87. The Hall–Kier alpha value is -3.19. The summed E-state index contributed by atoms with van der Waals surface area (Å²) in [6, 6.07) is 12.1. The van der Waals surface area contributed by atoms with E-state index in [0.717, 1.165) is 27.7 Å². The molecule has 1 aromatic heterocycles. The number of hydrogen-bond donors (Lipinski definition) is 1. The van der Waals surface area contributed by atoms with Crippen LogP contribution in [-0.4, -0.2) is 47.6 Å². The summed E-state index contributed by atoms with van der Waals surface area (Å²) in [7, 11) is 1.33. The van der Waals surface area contributed by atoms with Crippen LogP contribution in [0.1, 0.15) is 22.9 Å². The molecule has 0 fully saturated rings. The van der Waals surface area contributed by atoms with Crippen molar-refractivity contribution in [2.45, 2.75) is 18.5 Å². The van der Waals surface area contributed by atoms with Gasteiger partial charge in [0, 0.05) is 23.0 Å². The van der Waals surface area contributed by atoms with Crippen LogP contribution in [0.15, 0.2) is 42.5 Å². The summed E-state index contributed by atoms with van der Waals surface area (Å²) in [6.45, 7) is 0.149. The van der Waals surface area contributed by atoms with Crippen LogP contribution >= 0.6 is 11.6 Å². The fourth-order valence-corrected chi connectivity index (χ4v) is 4.55. The summed E-state index contributed by atoms with van der Waals surface area (Å²) in [5, 5.41) is 1.02. The minimum atomic E-state index is -0.789. The van der Waals surface area contributed by atoms with E-state index < -0.39 is 18.1 Å². The van der Waals surface area contributed by atoms with Gasteiger partial charge in [-0.15, -0.1) is 11.6 Å². The summed E-state index contributed by atoms with van der Waals surface area (Å²) >= 11 is 5.95. The molecule has 7 nitrogen and oxygen atoms in total.